The van der Waals surface area contributed by atoms with Gasteiger partial charge in [0.15, 0.2) is 0 Å². The molecule has 0 aromatic carbocycles. The second-order valence-corrected chi connectivity index (χ2v) is 1.93. The molecule has 1 radical (unpaired) electrons. The van der Waals surface area contributed by atoms with Crippen molar-refractivity contribution in [3.8, 4) is 0 Å². The van der Waals surface area contributed by atoms with Crippen LogP contribution in [0.3, 0.4) is 0 Å². The van der Waals surface area contributed by atoms with Gasteiger partial charge in [-0.15, -0.1) is 0 Å². The second-order valence-electron chi connectivity index (χ2n) is 0.780. The van der Waals surface area contributed by atoms with E-state index in [0.717, 1.165) is 0 Å². The van der Waals surface area contributed by atoms with Crippen molar-refractivity contribution in [3.05, 3.63) is 13.7 Å². The van der Waals surface area contributed by atoms with Gasteiger partial charge in [-0.3, -0.25) is 6.26 Å². The molecule has 0 N–H and O–H groups in total. The molecule has 1 nitrogen and oxygen atoms in total. The number of carbonyl (C=O) groups excluding carboxylic acids is 1. The molecule has 0 spiro atoms. The summed E-state index contributed by atoms with van der Waals surface area (Å²) >= 11 is 5.48. The number of thioether (sulfide) groups is 1. The van der Waals surface area contributed by atoms with Gasteiger partial charge in [-0.05, 0) is 13.2 Å². The third kappa shape index (κ3) is 198. The van der Waals surface area contributed by atoms with E-state index in [1.54, 1.807) is 0 Å². The first-order valence-corrected chi connectivity index (χ1v) is 3.41. The number of carbonyl (C=O) groups is 1. The first-order valence-electron chi connectivity index (χ1n) is 1.61. The molecule has 67 valence electrons. The SMILES string of the molecule is CC(=O)[S-].[CH2-]SC.[CH3-].[W].[W].[Y]. The van der Waals surface area contributed by atoms with Crippen LogP contribution in [0.2, 0.25) is 0 Å². The third-order valence-corrected chi connectivity index (χ3v) is 0. The molecule has 0 aliphatic heterocycles. The predicted molar refractivity (Wildman–Crippen MR) is 43.3 cm³/mol. The average Bonchev–Trinajstić information content (AvgIpc) is 1.33. The molecule has 0 aromatic heterocycles. The summed E-state index contributed by atoms with van der Waals surface area (Å²) < 4.78 is 0. The minimum Gasteiger partial charge on any atom is -0.742 e. The first-order chi connectivity index (χ1) is 3.15. The van der Waals surface area contributed by atoms with Crippen molar-refractivity contribution in [2.45, 2.75) is 6.92 Å². The summed E-state index contributed by atoms with van der Waals surface area (Å²) in [5, 5.41) is -0.250. The van der Waals surface area contributed by atoms with E-state index in [4.69, 9.17) is 0 Å². The molecule has 0 atom stereocenters. The van der Waals surface area contributed by atoms with E-state index < -0.39 is 0 Å². The van der Waals surface area contributed by atoms with E-state index in [2.05, 4.69) is 18.9 Å². The van der Waals surface area contributed by atoms with E-state index in [-0.39, 0.29) is 87.4 Å². The van der Waals surface area contributed by atoms with E-state index in [1.165, 1.54) is 18.7 Å². The van der Waals surface area contributed by atoms with Crippen molar-refractivity contribution in [1.82, 2.24) is 0 Å². The monoisotopic (exact) mass is 608 g/mol. The van der Waals surface area contributed by atoms with E-state index in [0.29, 0.717) is 0 Å². The Kier molecular flexibility index (Phi) is 131. The number of rotatable bonds is 0. The maximum atomic E-state index is 9.26. The van der Waals surface area contributed by atoms with Crippen LogP contribution in [-0.2, 0) is 92.3 Å². The Hall–Kier alpha value is 2.72. The normalized spacial score (nSPS) is 3.91. The van der Waals surface area contributed by atoms with E-state index in [1.807, 2.05) is 6.26 Å². The van der Waals surface area contributed by atoms with Crippen LogP contribution >= 0.6 is 11.8 Å². The van der Waals surface area contributed by atoms with Crippen LogP contribution in [-0.4, -0.2) is 11.4 Å². The van der Waals surface area contributed by atoms with Crippen LogP contribution in [0.4, 0.5) is 0 Å². The summed E-state index contributed by atoms with van der Waals surface area (Å²) in [6.07, 6.45) is 5.33. The van der Waals surface area contributed by atoms with Crippen molar-refractivity contribution in [2.24, 2.45) is 0 Å². The van der Waals surface area contributed by atoms with Gasteiger partial charge in [-0.2, -0.15) is 0 Å². The minimum atomic E-state index is -0.250. The molecule has 0 rings (SSSR count). The molecule has 0 saturated heterocycles. The zero-order chi connectivity index (χ0) is 6.28. The Morgan fingerprint density at radius 3 is 1.45 bits per heavy atom. The molecule has 0 saturated carbocycles. The molecule has 0 unspecified atom stereocenters. The summed E-state index contributed by atoms with van der Waals surface area (Å²) in [6.45, 7) is 1.34. The van der Waals surface area contributed by atoms with Crippen LogP contribution in [0.25, 0.3) is 0 Å². The Morgan fingerprint density at radius 2 is 1.45 bits per heavy atom. The van der Waals surface area contributed by atoms with Crippen LogP contribution in [0.15, 0.2) is 0 Å². The van der Waals surface area contributed by atoms with Gasteiger partial charge in [-0.25, -0.2) is 0 Å². The molecule has 11 heavy (non-hydrogen) atoms. The van der Waals surface area contributed by atoms with Crippen LogP contribution in [0.1, 0.15) is 6.92 Å². The summed E-state index contributed by atoms with van der Waals surface area (Å²) in [5.74, 6) is 0. The zero-order valence-electron chi connectivity index (χ0n) is 6.83. The molecule has 0 amide bonds. The summed E-state index contributed by atoms with van der Waals surface area (Å²) in [7, 11) is 0. The van der Waals surface area contributed by atoms with Gasteiger partial charge in [0.2, 0.25) is 0 Å². The fourth-order valence-corrected chi connectivity index (χ4v) is 0. The summed E-state index contributed by atoms with van der Waals surface area (Å²) in [6, 6.07) is 0. The van der Waals surface area contributed by atoms with Crippen molar-refractivity contribution in [2.75, 3.05) is 6.26 Å². The smallest absolute Gasteiger partial charge is 0.00878 e. The Labute approximate surface area is 134 Å². The summed E-state index contributed by atoms with van der Waals surface area (Å²) in [5.41, 5.74) is 0. The molecule has 6 heteroatoms. The van der Waals surface area contributed by atoms with E-state index >= 15 is 0 Å². The van der Waals surface area contributed by atoms with Gasteiger partial charge in [0.05, 0.1) is 0 Å². The van der Waals surface area contributed by atoms with Crippen molar-refractivity contribution >= 4 is 29.5 Å². The standard InChI is InChI=1S/C2H4OS.C2H5S.CH3.2W.Y/c1-2(3)4;1-3-2;;;;/h1H3,(H,3,4);1H2,2H3;1H3;;;/q;2*-1;;;/p-1. The molecule has 0 aliphatic carbocycles. The van der Waals surface area contributed by atoms with Crippen LogP contribution < -0.4 is 0 Å². The van der Waals surface area contributed by atoms with Crippen molar-refractivity contribution in [1.29, 1.82) is 0 Å². The predicted octanol–water partition coefficient (Wildman–Crippen LogP) is 1.66. The molecule has 0 fully saturated rings. The number of hydrogen-bond acceptors (Lipinski definition) is 3. The van der Waals surface area contributed by atoms with Gasteiger partial charge in [-0.1, -0.05) is 0 Å². The van der Waals surface area contributed by atoms with Crippen molar-refractivity contribution in [3.63, 3.8) is 0 Å². The fraction of sp³-hybridized carbons (Fsp3) is 0.400. The second kappa shape index (κ2) is 38.7. The molecule has 0 heterocycles. The Morgan fingerprint density at radius 1 is 1.45 bits per heavy atom. The average molecular weight is 608 g/mol. The first kappa shape index (κ1) is 37.2. The van der Waals surface area contributed by atoms with Gasteiger partial charge in [0, 0.05) is 80.0 Å². The molecular weight excluding hydrogens is 597 g/mol. The van der Waals surface area contributed by atoms with Crippen molar-refractivity contribution < 1.29 is 79.6 Å². The minimum absolute atomic E-state index is 0. The molecular formula is C5H11OS2W2Y-3. The van der Waals surface area contributed by atoms with Crippen LogP contribution in [0.5, 0.6) is 0 Å². The zero-order valence-corrected chi connectivity index (χ0v) is 17.2. The molecule has 0 aromatic rings. The van der Waals surface area contributed by atoms with E-state index in [9.17, 15) is 4.79 Å². The maximum Gasteiger partial charge on any atom is 0.00878 e. The Bertz CT molecular complexity index is 53.7. The Balaban J connectivity index is -0.00000000848. The quantitative estimate of drug-likeness (QED) is 0.308. The van der Waals surface area contributed by atoms with Gasteiger partial charge in [0.25, 0.3) is 0 Å². The molecule has 0 aliphatic rings. The van der Waals surface area contributed by atoms with Crippen LogP contribution in [0, 0.1) is 13.7 Å². The van der Waals surface area contributed by atoms with Gasteiger partial charge in [0.1, 0.15) is 0 Å². The van der Waals surface area contributed by atoms with Gasteiger partial charge >= 0.3 is 0 Å². The molecule has 0 bridgehead atoms. The fourth-order valence-electron chi connectivity index (χ4n) is 0. The third-order valence-electron chi connectivity index (χ3n) is 0. The maximum absolute atomic E-state index is 9.26. The number of hydrogen-bond donors (Lipinski definition) is 0. The largest absolute Gasteiger partial charge is 0.742 e. The van der Waals surface area contributed by atoms with Gasteiger partial charge < -0.3 is 36.6 Å². The topological polar surface area (TPSA) is 17.1 Å². The summed E-state index contributed by atoms with van der Waals surface area (Å²) in [4.78, 5) is 9.26.